The van der Waals surface area contributed by atoms with Crippen LogP contribution in [0.1, 0.15) is 104 Å². The first-order valence-corrected chi connectivity index (χ1v) is 15.8. The number of hydrogen-bond acceptors (Lipinski definition) is 4. The van der Waals surface area contributed by atoms with E-state index in [-0.39, 0.29) is 17.9 Å². The third kappa shape index (κ3) is 2.80. The van der Waals surface area contributed by atoms with Crippen molar-refractivity contribution in [1.82, 2.24) is 9.47 Å². The number of aromatic nitrogens is 1. The predicted molar refractivity (Wildman–Crippen MR) is 146 cm³/mol. The van der Waals surface area contributed by atoms with Crippen LogP contribution in [0.4, 0.5) is 0 Å². The third-order valence-electron chi connectivity index (χ3n) is 12.1. The molecule has 0 amide bonds. The molecule has 4 atom stereocenters. The molecule has 1 aromatic heterocycles. The van der Waals surface area contributed by atoms with Gasteiger partial charge in [0, 0.05) is 36.8 Å². The van der Waals surface area contributed by atoms with Crippen LogP contribution in [0.15, 0.2) is 12.1 Å². The molecule has 1 saturated heterocycles. The fourth-order valence-corrected chi connectivity index (χ4v) is 10.2. The molecule has 2 aromatic rings. The number of piperidine rings is 1. The van der Waals surface area contributed by atoms with Crippen molar-refractivity contribution in [2.75, 3.05) is 13.1 Å². The van der Waals surface area contributed by atoms with Crippen molar-refractivity contribution < 1.29 is 14.9 Å². The summed E-state index contributed by atoms with van der Waals surface area (Å²) >= 11 is 0. The summed E-state index contributed by atoms with van der Waals surface area (Å²) in [5.74, 6) is 2.49. The monoisotopic (exact) mass is 514 g/mol. The van der Waals surface area contributed by atoms with E-state index in [9.17, 15) is 10.2 Å². The van der Waals surface area contributed by atoms with Gasteiger partial charge in [0.15, 0.2) is 17.6 Å². The van der Waals surface area contributed by atoms with Crippen LogP contribution >= 0.6 is 0 Å². The van der Waals surface area contributed by atoms with Crippen LogP contribution in [0.3, 0.4) is 0 Å². The minimum Gasteiger partial charge on any atom is -0.504 e. The molecule has 1 spiro atoms. The first-order valence-electron chi connectivity index (χ1n) is 15.8. The van der Waals surface area contributed by atoms with Gasteiger partial charge in [-0.15, -0.1) is 0 Å². The van der Waals surface area contributed by atoms with Gasteiger partial charge in [-0.2, -0.15) is 0 Å². The molecule has 5 nitrogen and oxygen atoms in total. The molecule has 3 fully saturated rings. The second kappa shape index (κ2) is 7.81. The zero-order chi connectivity index (χ0) is 25.2. The molecule has 0 unspecified atom stereocenters. The van der Waals surface area contributed by atoms with Gasteiger partial charge >= 0.3 is 0 Å². The number of aromatic hydroxyl groups is 1. The predicted octanol–water partition coefficient (Wildman–Crippen LogP) is 5.35. The van der Waals surface area contributed by atoms with Gasteiger partial charge in [-0.25, -0.2) is 0 Å². The molecule has 0 radical (unpaired) electrons. The maximum Gasteiger partial charge on any atom is 0.166 e. The smallest absolute Gasteiger partial charge is 0.166 e. The van der Waals surface area contributed by atoms with Crippen molar-refractivity contribution in [3.05, 3.63) is 45.8 Å². The van der Waals surface area contributed by atoms with Crippen LogP contribution in [-0.2, 0) is 37.6 Å². The Morgan fingerprint density at radius 3 is 2.58 bits per heavy atom. The molecule has 9 rings (SSSR count). The van der Waals surface area contributed by atoms with Crippen molar-refractivity contribution in [3.63, 3.8) is 0 Å². The Labute approximate surface area is 226 Å². The summed E-state index contributed by atoms with van der Waals surface area (Å²) in [6, 6.07) is 4.11. The minimum atomic E-state index is -0.855. The Kier molecular flexibility index (Phi) is 4.69. The van der Waals surface area contributed by atoms with Gasteiger partial charge in [-0.3, -0.25) is 4.90 Å². The molecule has 38 heavy (non-hydrogen) atoms. The molecular weight excluding hydrogens is 472 g/mol. The van der Waals surface area contributed by atoms with Crippen molar-refractivity contribution in [2.45, 2.75) is 120 Å². The second-order valence-corrected chi connectivity index (χ2v) is 14.0. The fraction of sp³-hybridized carbons (Fsp3) is 0.697. The van der Waals surface area contributed by atoms with Gasteiger partial charge in [0.25, 0.3) is 0 Å². The molecule has 202 valence electrons. The topological polar surface area (TPSA) is 57.9 Å². The average Bonchev–Trinajstić information content (AvgIpc) is 3.61. The summed E-state index contributed by atoms with van der Waals surface area (Å²) < 4.78 is 9.71. The summed E-state index contributed by atoms with van der Waals surface area (Å²) in [4.78, 5) is 2.66. The van der Waals surface area contributed by atoms with Crippen molar-refractivity contribution in [3.8, 4) is 11.5 Å². The van der Waals surface area contributed by atoms with Crippen LogP contribution in [0.2, 0.25) is 0 Å². The summed E-state index contributed by atoms with van der Waals surface area (Å²) in [5, 5.41) is 24.3. The number of benzene rings is 1. The largest absolute Gasteiger partial charge is 0.504 e. The number of aliphatic hydroxyl groups is 1. The van der Waals surface area contributed by atoms with Gasteiger partial charge in [-0.05, 0) is 105 Å². The molecule has 2 aliphatic heterocycles. The Hall–Kier alpha value is -1.98. The molecule has 1 aromatic carbocycles. The van der Waals surface area contributed by atoms with E-state index in [2.05, 4.69) is 15.5 Å². The van der Waals surface area contributed by atoms with Gasteiger partial charge in [0.05, 0.1) is 16.7 Å². The molecule has 5 heteroatoms. The van der Waals surface area contributed by atoms with Crippen LogP contribution in [-0.4, -0.2) is 44.4 Å². The minimum absolute atomic E-state index is 0.125. The Morgan fingerprint density at radius 1 is 0.921 bits per heavy atom. The molecule has 2 saturated carbocycles. The highest BCUT2D eigenvalue weighted by Gasteiger charge is 2.73. The van der Waals surface area contributed by atoms with Crippen LogP contribution in [0.25, 0.3) is 0 Å². The van der Waals surface area contributed by atoms with E-state index >= 15 is 0 Å². The lowest BCUT2D eigenvalue weighted by Gasteiger charge is -2.63. The quantitative estimate of drug-likeness (QED) is 0.577. The lowest BCUT2D eigenvalue weighted by atomic mass is 9.49. The van der Waals surface area contributed by atoms with E-state index in [1.807, 2.05) is 6.07 Å². The van der Waals surface area contributed by atoms with Crippen molar-refractivity contribution in [1.29, 1.82) is 0 Å². The number of rotatable bonds is 4. The highest BCUT2D eigenvalue weighted by Crippen LogP contribution is 2.69. The zero-order valence-electron chi connectivity index (χ0n) is 22.7. The van der Waals surface area contributed by atoms with Gasteiger partial charge in [0.1, 0.15) is 0 Å². The molecule has 3 heterocycles. The molecule has 2 N–H and O–H groups in total. The van der Waals surface area contributed by atoms with Gasteiger partial charge < -0.3 is 19.5 Å². The van der Waals surface area contributed by atoms with Gasteiger partial charge in [-0.1, -0.05) is 25.3 Å². The number of hydrogen-bond donors (Lipinski definition) is 2. The summed E-state index contributed by atoms with van der Waals surface area (Å²) in [7, 11) is 0. The molecule has 5 aliphatic carbocycles. The first-order chi connectivity index (χ1) is 18.6. The number of likely N-dealkylation sites (tertiary alicyclic amines) is 1. The highest BCUT2D eigenvalue weighted by molar-refractivity contribution is 5.65. The summed E-state index contributed by atoms with van der Waals surface area (Å²) in [5.41, 5.74) is 7.04. The fourth-order valence-electron chi connectivity index (χ4n) is 10.2. The number of ether oxygens (including phenoxy) is 1. The van der Waals surface area contributed by atoms with E-state index in [0.29, 0.717) is 5.75 Å². The standard InChI is InChI=1S/C33H42N2O3/c36-26-13-12-22-16-27-33(37)17-24-23-8-4-5-9-25(23)35(19-20-6-2-1-3-7-20)29(24)31-32(33,28(22)30(26)38-31)14-15-34(27)18-21-10-11-21/h12-13,20-21,27,31,36-37H,1-11,14-19H2/t27-,31+,32+,33-/m1/s1. The summed E-state index contributed by atoms with van der Waals surface area (Å²) in [6.45, 7) is 3.26. The molecular formula is C33H42N2O3. The second-order valence-electron chi connectivity index (χ2n) is 14.0. The number of phenols is 1. The lowest BCUT2D eigenvalue weighted by Crippen LogP contribution is -2.74. The highest BCUT2D eigenvalue weighted by atomic mass is 16.5. The van der Waals surface area contributed by atoms with E-state index < -0.39 is 11.0 Å². The van der Waals surface area contributed by atoms with Crippen LogP contribution in [0, 0.1) is 11.8 Å². The lowest BCUT2D eigenvalue weighted by molar-refractivity contribution is -0.174. The Morgan fingerprint density at radius 2 is 1.74 bits per heavy atom. The van der Waals surface area contributed by atoms with Crippen LogP contribution < -0.4 is 4.74 Å². The molecule has 2 bridgehead atoms. The maximum atomic E-state index is 13.2. The number of phenolic OH excluding ortho intramolecular Hbond substituents is 1. The van der Waals surface area contributed by atoms with Crippen molar-refractivity contribution >= 4 is 0 Å². The van der Waals surface area contributed by atoms with Crippen LogP contribution in [0.5, 0.6) is 11.5 Å². The molecule has 7 aliphatic rings. The number of fused-ring (bicyclic) bond motifs is 4. The van der Waals surface area contributed by atoms with Gasteiger partial charge in [0.2, 0.25) is 0 Å². The van der Waals surface area contributed by atoms with E-state index in [1.54, 1.807) is 11.3 Å². The Bertz CT molecular complexity index is 1320. The van der Waals surface area contributed by atoms with E-state index in [4.69, 9.17) is 4.74 Å². The van der Waals surface area contributed by atoms with E-state index in [0.717, 1.165) is 69.1 Å². The Balaban J connectivity index is 1.26. The normalized spacial score (nSPS) is 35.4. The maximum absolute atomic E-state index is 13.2. The van der Waals surface area contributed by atoms with E-state index in [1.165, 1.54) is 74.6 Å². The zero-order valence-corrected chi connectivity index (χ0v) is 22.7. The number of nitrogens with zero attached hydrogens (tertiary/aromatic N) is 2. The van der Waals surface area contributed by atoms with Crippen molar-refractivity contribution in [2.24, 2.45) is 11.8 Å². The first kappa shape index (κ1) is 22.8. The average molecular weight is 515 g/mol. The SMILES string of the molecule is Oc1ccc2c3c1O[C@H]1c4c(c5c(n4CC4CCCCC4)CCCC5)C[C@@]4(O)[C@@H](C2)N(CC2CC2)CC[C@]314. The summed E-state index contributed by atoms with van der Waals surface area (Å²) in [6.07, 6.45) is 16.6. The third-order valence-corrected chi connectivity index (χ3v) is 12.1.